The summed E-state index contributed by atoms with van der Waals surface area (Å²) in [5.41, 5.74) is 3.78. The van der Waals surface area contributed by atoms with Crippen LogP contribution in [-0.2, 0) is 45.9 Å². The molecule has 3 aromatic carbocycles. The summed E-state index contributed by atoms with van der Waals surface area (Å²) in [4.78, 5) is 31.6. The summed E-state index contributed by atoms with van der Waals surface area (Å²) in [6, 6.07) is 21.3. The van der Waals surface area contributed by atoms with Crippen molar-refractivity contribution in [3.05, 3.63) is 95.3 Å². The fraction of sp³-hybridized carbons (Fsp3) is 0.405. The highest BCUT2D eigenvalue weighted by atomic mass is 28.4. The van der Waals surface area contributed by atoms with Crippen molar-refractivity contribution in [1.29, 1.82) is 0 Å². The van der Waals surface area contributed by atoms with E-state index < -0.39 is 31.6 Å². The predicted molar refractivity (Wildman–Crippen MR) is 186 cm³/mol. The molecule has 4 aromatic rings. The van der Waals surface area contributed by atoms with E-state index in [0.717, 1.165) is 22.5 Å². The van der Waals surface area contributed by atoms with Crippen LogP contribution in [0.2, 0.25) is 18.6 Å². The fourth-order valence-corrected chi connectivity index (χ4v) is 10.7. The molecule has 1 aromatic heterocycles. The Morgan fingerprint density at radius 2 is 1.88 bits per heavy atom. The second kappa shape index (κ2) is 12.8. The maximum Gasteiger partial charge on any atom is 0.264 e. The summed E-state index contributed by atoms with van der Waals surface area (Å²) < 4.78 is 30.5. The van der Waals surface area contributed by atoms with Crippen LogP contribution >= 0.6 is 0 Å². The fourth-order valence-electron chi connectivity index (χ4n) is 8.20. The van der Waals surface area contributed by atoms with E-state index in [9.17, 15) is 14.7 Å². The Morgan fingerprint density at radius 1 is 1.06 bits per heavy atom. The molecule has 7 rings (SSSR count). The van der Waals surface area contributed by atoms with Crippen LogP contribution < -0.4 is 14.5 Å². The lowest BCUT2D eigenvalue weighted by Gasteiger charge is -2.31. The van der Waals surface area contributed by atoms with Crippen LogP contribution in [0.25, 0.3) is 0 Å². The maximum absolute atomic E-state index is 16.3. The molecule has 1 saturated heterocycles. The number of aliphatic hydroxyl groups is 1. The zero-order chi connectivity index (χ0) is 34.5. The number of carbonyl (C=O) groups is 2. The standard InChI is InChI=1S/C37H42FN5O5Si/c1-24-35(49(3,4)38)33(16-18-41-23-27(17-19-44)39-40-41)48-37(24)30-21-29(47-2)13-14-32(30)42(36(37)46)22-25-8-7-10-28(20-25)43-31-11-6-5-9-26(31)12-15-34(43)45/h5-11,13-14,20-21,23-24,33,35,44H,12,15-19,22H2,1-4H3/t24-,33+,35-,37+/m0/s1. The monoisotopic (exact) mass is 683 g/mol. The third kappa shape index (κ3) is 5.75. The van der Waals surface area contributed by atoms with Crippen LogP contribution in [0, 0.1) is 5.92 Å². The van der Waals surface area contributed by atoms with Crippen molar-refractivity contribution in [3.63, 3.8) is 0 Å². The van der Waals surface area contributed by atoms with Crippen LogP contribution in [0.3, 0.4) is 0 Å². The molecule has 1 fully saturated rings. The van der Waals surface area contributed by atoms with E-state index in [-0.39, 0.29) is 25.0 Å². The van der Waals surface area contributed by atoms with Gasteiger partial charge in [0.2, 0.25) is 14.3 Å². The minimum atomic E-state index is -3.36. The molecule has 0 saturated carbocycles. The molecule has 2 amide bonds. The van der Waals surface area contributed by atoms with Crippen molar-refractivity contribution in [2.45, 2.75) is 76.0 Å². The largest absolute Gasteiger partial charge is 0.497 e. The topological polar surface area (TPSA) is 110 Å². The zero-order valence-corrected chi connectivity index (χ0v) is 29.3. The quantitative estimate of drug-likeness (QED) is 0.165. The van der Waals surface area contributed by atoms with Crippen molar-refractivity contribution in [2.75, 3.05) is 23.5 Å². The van der Waals surface area contributed by atoms with Gasteiger partial charge in [0.25, 0.3) is 5.91 Å². The lowest BCUT2D eigenvalue weighted by Crippen LogP contribution is -2.45. The number of aryl methyl sites for hydroxylation is 2. The molecular formula is C37H42FN5O5Si. The number of hydrogen-bond acceptors (Lipinski definition) is 7. The van der Waals surface area contributed by atoms with Crippen LogP contribution in [0.15, 0.2) is 72.9 Å². The molecule has 4 atom stereocenters. The smallest absolute Gasteiger partial charge is 0.264 e. The average Bonchev–Trinajstić information content (AvgIpc) is 3.73. The van der Waals surface area contributed by atoms with E-state index in [1.54, 1.807) is 40.9 Å². The number of hydrogen-bond donors (Lipinski definition) is 1. The van der Waals surface area contributed by atoms with Crippen molar-refractivity contribution in [2.24, 2.45) is 5.92 Å². The number of carbonyl (C=O) groups excluding carboxylic acids is 2. The first-order chi connectivity index (χ1) is 23.5. The van der Waals surface area contributed by atoms with Crippen molar-refractivity contribution in [3.8, 4) is 5.75 Å². The first kappa shape index (κ1) is 33.1. The molecule has 12 heteroatoms. The van der Waals surface area contributed by atoms with Crippen LogP contribution in [0.1, 0.15) is 42.1 Å². The first-order valence-corrected chi connectivity index (χ1v) is 19.9. The molecule has 256 valence electrons. The maximum atomic E-state index is 16.3. The van der Waals surface area contributed by atoms with Gasteiger partial charge >= 0.3 is 0 Å². The van der Waals surface area contributed by atoms with E-state index in [0.29, 0.717) is 54.9 Å². The van der Waals surface area contributed by atoms with Crippen molar-refractivity contribution < 1.29 is 28.3 Å². The Morgan fingerprint density at radius 3 is 2.65 bits per heavy atom. The number of aromatic nitrogens is 3. The van der Waals surface area contributed by atoms with Crippen LogP contribution in [0.5, 0.6) is 5.75 Å². The van der Waals surface area contributed by atoms with E-state index >= 15 is 4.11 Å². The minimum Gasteiger partial charge on any atom is -0.497 e. The number of anilines is 3. The summed E-state index contributed by atoms with van der Waals surface area (Å²) in [6.45, 7) is 5.97. The Balaban J connectivity index is 1.23. The minimum absolute atomic E-state index is 0.0235. The SMILES string of the molecule is COc1ccc2c(c1)[C@@]1(O[C@H](CCn3cc(CCO)nn3)[C@@H]([Si](C)(C)F)[C@@H]1C)C(=O)N2Cc1cccc(N2C(=O)CCc3ccccc32)c1. The lowest BCUT2D eigenvalue weighted by molar-refractivity contribution is -0.146. The Hall–Kier alpha value is -4.39. The number of methoxy groups -OCH3 is 1. The van der Waals surface area contributed by atoms with Gasteiger partial charge in [-0.2, -0.15) is 0 Å². The molecule has 10 nitrogen and oxygen atoms in total. The van der Waals surface area contributed by atoms with Gasteiger partial charge in [-0.3, -0.25) is 19.2 Å². The van der Waals surface area contributed by atoms with Gasteiger partial charge in [0.05, 0.1) is 36.8 Å². The van der Waals surface area contributed by atoms with Gasteiger partial charge in [-0.05, 0) is 73.5 Å². The van der Waals surface area contributed by atoms with E-state index in [2.05, 4.69) is 16.4 Å². The highest BCUT2D eigenvalue weighted by Crippen LogP contribution is 2.60. The summed E-state index contributed by atoms with van der Waals surface area (Å²) in [7, 11) is -1.78. The van der Waals surface area contributed by atoms with Gasteiger partial charge in [-0.25, -0.2) is 0 Å². The number of rotatable bonds is 10. The highest BCUT2D eigenvalue weighted by Gasteiger charge is 2.66. The second-order valence-electron chi connectivity index (χ2n) is 13.8. The van der Waals surface area contributed by atoms with Gasteiger partial charge < -0.3 is 23.6 Å². The summed E-state index contributed by atoms with van der Waals surface area (Å²) in [6.07, 6.45) is 3.22. The van der Waals surface area contributed by atoms with Crippen LogP contribution in [0.4, 0.5) is 21.2 Å². The van der Waals surface area contributed by atoms with Gasteiger partial charge in [0, 0.05) is 54.9 Å². The summed E-state index contributed by atoms with van der Waals surface area (Å²) in [5, 5.41) is 17.6. The van der Waals surface area contributed by atoms with Gasteiger partial charge in [-0.15, -0.1) is 5.10 Å². The molecule has 4 heterocycles. The summed E-state index contributed by atoms with van der Waals surface area (Å²) in [5.74, 6) is -0.0706. The number of nitrogens with zero attached hydrogens (tertiary/aromatic N) is 5. The number of benzene rings is 3. The molecule has 0 bridgehead atoms. The van der Waals surface area contributed by atoms with Gasteiger partial charge in [0.1, 0.15) is 5.75 Å². The van der Waals surface area contributed by atoms with E-state index in [4.69, 9.17) is 9.47 Å². The average molecular weight is 684 g/mol. The number of para-hydroxylation sites is 1. The number of ether oxygens (including phenoxy) is 2. The number of amides is 2. The zero-order valence-electron chi connectivity index (χ0n) is 28.3. The van der Waals surface area contributed by atoms with Gasteiger partial charge in [-0.1, -0.05) is 42.5 Å². The van der Waals surface area contributed by atoms with E-state index in [1.807, 2.05) is 67.6 Å². The molecular weight excluding hydrogens is 642 g/mol. The highest BCUT2D eigenvalue weighted by molar-refractivity contribution is 6.72. The molecule has 0 radical (unpaired) electrons. The predicted octanol–water partition coefficient (Wildman–Crippen LogP) is 5.84. The summed E-state index contributed by atoms with van der Waals surface area (Å²) >= 11 is 0. The van der Waals surface area contributed by atoms with Gasteiger partial charge in [0.15, 0.2) is 5.60 Å². The normalized spacial score (nSPS) is 23.3. The molecule has 49 heavy (non-hydrogen) atoms. The van der Waals surface area contributed by atoms with Crippen molar-refractivity contribution >= 4 is 37.3 Å². The van der Waals surface area contributed by atoms with Crippen LogP contribution in [-0.4, -0.2) is 60.1 Å². The third-order valence-electron chi connectivity index (χ3n) is 10.4. The Bertz CT molecular complexity index is 1890. The molecule has 0 unspecified atom stereocenters. The third-order valence-corrected chi connectivity index (χ3v) is 12.8. The molecule has 0 aliphatic carbocycles. The van der Waals surface area contributed by atoms with Crippen molar-refractivity contribution in [1.82, 2.24) is 15.0 Å². The number of halogens is 1. The first-order valence-electron chi connectivity index (χ1n) is 16.9. The Kier molecular flexibility index (Phi) is 8.66. The lowest BCUT2D eigenvalue weighted by atomic mass is 9.82. The molecule has 1 N–H and O–H groups in total. The number of fused-ring (bicyclic) bond motifs is 3. The molecule has 1 spiro atoms. The molecule has 3 aliphatic heterocycles. The second-order valence-corrected chi connectivity index (χ2v) is 17.6. The van der Waals surface area contributed by atoms with E-state index in [1.165, 1.54) is 0 Å². The molecule has 3 aliphatic rings. The Labute approximate surface area is 286 Å². The number of aliphatic hydroxyl groups excluding tert-OH is 1.